The summed E-state index contributed by atoms with van der Waals surface area (Å²) in [7, 11) is 0. The maximum Gasteiger partial charge on any atom is 0.325 e. The lowest BCUT2D eigenvalue weighted by Gasteiger charge is -2.28. The Bertz CT molecular complexity index is 273. The van der Waals surface area contributed by atoms with Crippen LogP contribution in [0.5, 0.6) is 0 Å². The fourth-order valence-corrected chi connectivity index (χ4v) is 2.20. The summed E-state index contributed by atoms with van der Waals surface area (Å²) in [6.07, 6.45) is 5.49. The van der Waals surface area contributed by atoms with Gasteiger partial charge in [0.2, 0.25) is 0 Å². The number of carboxylic acid groups (broad SMARTS) is 1. The van der Waals surface area contributed by atoms with Crippen LogP contribution in [-0.2, 0) is 4.79 Å². The minimum absolute atomic E-state index is 0.193. The predicted molar refractivity (Wildman–Crippen MR) is 64.8 cm³/mol. The van der Waals surface area contributed by atoms with E-state index >= 15 is 0 Å². The third-order valence-corrected chi connectivity index (χ3v) is 3.48. The molecule has 17 heavy (non-hydrogen) atoms. The fraction of sp³-hybridized carbons (Fsp3) is 0.833. The molecule has 0 unspecified atom stereocenters. The number of carbonyl (C=O) groups is 2. The monoisotopic (exact) mass is 242 g/mol. The first-order valence-corrected chi connectivity index (χ1v) is 6.32. The highest BCUT2D eigenvalue weighted by atomic mass is 16.4. The van der Waals surface area contributed by atoms with Crippen molar-refractivity contribution in [1.29, 1.82) is 0 Å². The lowest BCUT2D eigenvalue weighted by molar-refractivity contribution is -0.138. The quantitative estimate of drug-likeness (QED) is 0.702. The van der Waals surface area contributed by atoms with Gasteiger partial charge in [-0.05, 0) is 38.5 Å². The van der Waals surface area contributed by atoms with E-state index in [9.17, 15) is 9.59 Å². The van der Waals surface area contributed by atoms with Crippen molar-refractivity contribution >= 4 is 12.0 Å². The molecule has 1 rings (SSSR count). The molecule has 0 bridgehead atoms. The van der Waals surface area contributed by atoms with Crippen LogP contribution < -0.4 is 10.6 Å². The van der Waals surface area contributed by atoms with Crippen molar-refractivity contribution in [2.75, 3.05) is 0 Å². The van der Waals surface area contributed by atoms with Crippen LogP contribution >= 0.6 is 0 Å². The van der Waals surface area contributed by atoms with Crippen molar-refractivity contribution in [2.24, 2.45) is 5.92 Å². The second kappa shape index (κ2) is 6.47. The largest absolute Gasteiger partial charge is 0.480 e. The maximum atomic E-state index is 11.5. The Balaban J connectivity index is 2.26. The first-order chi connectivity index (χ1) is 8.02. The fourth-order valence-electron chi connectivity index (χ4n) is 2.20. The number of urea groups is 1. The SMILES string of the molecule is CCC1CCC(NC(=O)N[C@@H](C)C(=O)O)CC1. The molecule has 1 aliphatic carbocycles. The van der Waals surface area contributed by atoms with Gasteiger partial charge >= 0.3 is 12.0 Å². The van der Waals surface area contributed by atoms with Crippen LogP contribution in [0.15, 0.2) is 0 Å². The molecule has 0 heterocycles. The van der Waals surface area contributed by atoms with E-state index in [4.69, 9.17) is 5.11 Å². The van der Waals surface area contributed by atoms with Gasteiger partial charge < -0.3 is 15.7 Å². The van der Waals surface area contributed by atoms with E-state index in [1.54, 1.807) is 0 Å². The minimum atomic E-state index is -1.02. The van der Waals surface area contributed by atoms with Crippen LogP contribution in [0.4, 0.5) is 4.79 Å². The van der Waals surface area contributed by atoms with Crippen LogP contribution in [0.3, 0.4) is 0 Å². The maximum absolute atomic E-state index is 11.5. The van der Waals surface area contributed by atoms with Gasteiger partial charge in [0.05, 0.1) is 0 Å². The number of hydrogen-bond acceptors (Lipinski definition) is 2. The second-order valence-corrected chi connectivity index (χ2v) is 4.80. The van der Waals surface area contributed by atoms with E-state index in [0.717, 1.165) is 31.6 Å². The third kappa shape index (κ3) is 4.63. The molecule has 5 nitrogen and oxygen atoms in total. The summed E-state index contributed by atoms with van der Waals surface area (Å²) in [6.45, 7) is 3.65. The van der Waals surface area contributed by atoms with Crippen LogP contribution in [0.2, 0.25) is 0 Å². The third-order valence-electron chi connectivity index (χ3n) is 3.48. The van der Waals surface area contributed by atoms with Gasteiger partial charge in [-0.3, -0.25) is 4.79 Å². The lowest BCUT2D eigenvalue weighted by Crippen LogP contribution is -2.48. The summed E-state index contributed by atoms with van der Waals surface area (Å²) < 4.78 is 0. The van der Waals surface area contributed by atoms with Gasteiger partial charge in [-0.1, -0.05) is 13.3 Å². The van der Waals surface area contributed by atoms with E-state index in [1.165, 1.54) is 13.3 Å². The average Bonchev–Trinajstić information content (AvgIpc) is 2.29. The standard InChI is InChI=1S/C12H22N2O3/c1-3-9-4-6-10(7-5-9)14-12(17)13-8(2)11(15)16/h8-10H,3-7H2,1-2H3,(H,15,16)(H2,13,14,17)/t8-,9?,10?/m0/s1. The Morgan fingerprint density at radius 2 is 1.88 bits per heavy atom. The minimum Gasteiger partial charge on any atom is -0.480 e. The van der Waals surface area contributed by atoms with Crippen LogP contribution in [0.25, 0.3) is 0 Å². The van der Waals surface area contributed by atoms with Crippen LogP contribution in [-0.4, -0.2) is 29.2 Å². The molecule has 2 amide bonds. The summed E-state index contributed by atoms with van der Waals surface area (Å²) in [4.78, 5) is 22.1. The molecule has 1 aliphatic rings. The van der Waals surface area contributed by atoms with Gasteiger partial charge in [-0.2, -0.15) is 0 Å². The number of carbonyl (C=O) groups excluding carboxylic acids is 1. The zero-order valence-electron chi connectivity index (χ0n) is 10.5. The van der Waals surface area contributed by atoms with Gasteiger partial charge in [0.25, 0.3) is 0 Å². The first kappa shape index (κ1) is 13.8. The van der Waals surface area contributed by atoms with Crippen LogP contribution in [0.1, 0.15) is 46.0 Å². The molecule has 3 N–H and O–H groups in total. The number of hydrogen-bond donors (Lipinski definition) is 3. The second-order valence-electron chi connectivity index (χ2n) is 4.80. The Kier molecular flexibility index (Phi) is 5.25. The van der Waals surface area contributed by atoms with E-state index in [1.807, 2.05) is 0 Å². The zero-order valence-corrected chi connectivity index (χ0v) is 10.5. The number of aliphatic carboxylic acids is 1. The van der Waals surface area contributed by atoms with Gasteiger partial charge in [0, 0.05) is 6.04 Å². The first-order valence-electron chi connectivity index (χ1n) is 6.32. The Morgan fingerprint density at radius 1 is 1.29 bits per heavy atom. The van der Waals surface area contributed by atoms with E-state index < -0.39 is 12.0 Å². The lowest BCUT2D eigenvalue weighted by atomic mass is 9.85. The summed E-state index contributed by atoms with van der Waals surface area (Å²) in [5, 5.41) is 13.9. The summed E-state index contributed by atoms with van der Waals surface area (Å²) in [6, 6.07) is -1.03. The molecular weight excluding hydrogens is 220 g/mol. The van der Waals surface area contributed by atoms with Crippen molar-refractivity contribution in [3.63, 3.8) is 0 Å². The molecule has 98 valence electrons. The number of nitrogens with one attached hydrogen (secondary N) is 2. The zero-order chi connectivity index (χ0) is 12.8. The van der Waals surface area contributed by atoms with Crippen molar-refractivity contribution in [2.45, 2.75) is 58.0 Å². The molecule has 5 heteroatoms. The summed E-state index contributed by atoms with van der Waals surface area (Å²) in [5.74, 6) is -0.233. The Labute approximate surface area is 102 Å². The molecule has 0 aliphatic heterocycles. The molecule has 0 aromatic rings. The highest BCUT2D eigenvalue weighted by molar-refractivity contribution is 5.82. The van der Waals surface area contributed by atoms with Crippen molar-refractivity contribution in [1.82, 2.24) is 10.6 Å². The van der Waals surface area contributed by atoms with Crippen molar-refractivity contribution in [3.8, 4) is 0 Å². The Hall–Kier alpha value is -1.26. The highest BCUT2D eigenvalue weighted by Crippen LogP contribution is 2.26. The number of carboxylic acids is 1. The molecule has 1 fully saturated rings. The van der Waals surface area contributed by atoms with Gasteiger partial charge in [0.15, 0.2) is 0 Å². The highest BCUT2D eigenvalue weighted by Gasteiger charge is 2.22. The molecule has 1 saturated carbocycles. The summed E-state index contributed by atoms with van der Waals surface area (Å²) >= 11 is 0. The molecule has 0 spiro atoms. The van der Waals surface area contributed by atoms with Gasteiger partial charge in [-0.15, -0.1) is 0 Å². The van der Waals surface area contributed by atoms with Gasteiger partial charge in [-0.25, -0.2) is 4.79 Å². The molecule has 0 radical (unpaired) electrons. The normalized spacial score (nSPS) is 26.0. The summed E-state index contributed by atoms with van der Waals surface area (Å²) in [5.41, 5.74) is 0. The predicted octanol–water partition coefficient (Wildman–Crippen LogP) is 1.73. The molecule has 0 aromatic carbocycles. The number of rotatable bonds is 4. The smallest absolute Gasteiger partial charge is 0.325 e. The molecule has 0 aromatic heterocycles. The molecule has 1 atom stereocenters. The van der Waals surface area contributed by atoms with E-state index in [2.05, 4.69) is 17.6 Å². The van der Waals surface area contributed by atoms with Crippen molar-refractivity contribution in [3.05, 3.63) is 0 Å². The average molecular weight is 242 g/mol. The Morgan fingerprint density at radius 3 is 2.35 bits per heavy atom. The van der Waals surface area contributed by atoms with E-state index in [-0.39, 0.29) is 12.1 Å². The molecular formula is C12H22N2O3. The van der Waals surface area contributed by atoms with Crippen LogP contribution in [0, 0.1) is 5.92 Å². The van der Waals surface area contributed by atoms with Gasteiger partial charge in [0.1, 0.15) is 6.04 Å². The number of amides is 2. The van der Waals surface area contributed by atoms with Crippen molar-refractivity contribution < 1.29 is 14.7 Å². The van der Waals surface area contributed by atoms with E-state index in [0.29, 0.717) is 0 Å². The topological polar surface area (TPSA) is 78.4 Å². The molecule has 0 saturated heterocycles.